The third-order valence-electron chi connectivity index (χ3n) is 4.34. The van der Waals surface area contributed by atoms with E-state index in [1.807, 2.05) is 0 Å². The van der Waals surface area contributed by atoms with E-state index < -0.39 is 12.6 Å². The van der Waals surface area contributed by atoms with Gasteiger partial charge in [-0.1, -0.05) is 0 Å². The zero-order valence-electron chi connectivity index (χ0n) is 16.9. The lowest BCUT2D eigenvalue weighted by Gasteiger charge is -2.18. The zero-order valence-corrected chi connectivity index (χ0v) is 16.9. The summed E-state index contributed by atoms with van der Waals surface area (Å²) in [4.78, 5) is 24.4. The second-order valence-electron chi connectivity index (χ2n) is 6.17. The molecule has 0 fully saturated rings. The Hall–Kier alpha value is -3.68. The highest BCUT2D eigenvalue weighted by molar-refractivity contribution is 5.99. The monoisotopic (exact) mass is 414 g/mol. The fourth-order valence-electron chi connectivity index (χ4n) is 2.83. The first-order valence-corrected chi connectivity index (χ1v) is 9.13. The number of esters is 1. The fourth-order valence-corrected chi connectivity index (χ4v) is 2.83. The SMILES string of the molecule is COc1cc(OC)c(OC)cc1/C=C/C(=O)OCC(=O)c1ccc2c(c1)OCCO2. The third kappa shape index (κ3) is 4.83. The summed E-state index contributed by atoms with van der Waals surface area (Å²) in [6, 6.07) is 8.16. The predicted octanol–water partition coefficient (Wildman–Crippen LogP) is 2.92. The van der Waals surface area contributed by atoms with Crippen LogP contribution in [-0.2, 0) is 9.53 Å². The van der Waals surface area contributed by atoms with Crippen LogP contribution in [0, 0.1) is 0 Å². The molecule has 0 aliphatic carbocycles. The van der Waals surface area contributed by atoms with E-state index in [4.69, 9.17) is 28.4 Å². The summed E-state index contributed by atoms with van der Waals surface area (Å²) in [5.41, 5.74) is 0.961. The molecule has 2 aromatic carbocycles. The second kappa shape index (κ2) is 9.69. The maximum atomic E-state index is 12.3. The van der Waals surface area contributed by atoms with Crippen LogP contribution in [0.25, 0.3) is 6.08 Å². The number of carbonyl (C=O) groups is 2. The first kappa shape index (κ1) is 21.0. The molecule has 0 atom stereocenters. The van der Waals surface area contributed by atoms with Crippen LogP contribution in [0.3, 0.4) is 0 Å². The molecule has 0 unspecified atom stereocenters. The molecule has 0 aromatic heterocycles. The van der Waals surface area contributed by atoms with E-state index in [2.05, 4.69) is 0 Å². The lowest BCUT2D eigenvalue weighted by Crippen LogP contribution is -2.17. The average molecular weight is 414 g/mol. The summed E-state index contributed by atoms with van der Waals surface area (Å²) in [6.45, 7) is 0.491. The molecular formula is C22H22O8. The maximum Gasteiger partial charge on any atom is 0.331 e. The summed E-state index contributed by atoms with van der Waals surface area (Å²) < 4.78 is 31.7. The quantitative estimate of drug-likeness (QED) is 0.370. The minimum Gasteiger partial charge on any atom is -0.496 e. The highest BCUT2D eigenvalue weighted by Crippen LogP contribution is 2.35. The van der Waals surface area contributed by atoms with Crippen molar-refractivity contribution in [3.8, 4) is 28.7 Å². The molecule has 30 heavy (non-hydrogen) atoms. The number of ketones is 1. The average Bonchev–Trinajstić information content (AvgIpc) is 2.80. The van der Waals surface area contributed by atoms with E-state index in [-0.39, 0.29) is 5.78 Å². The Balaban J connectivity index is 1.63. The molecule has 1 aliphatic rings. The third-order valence-corrected chi connectivity index (χ3v) is 4.34. The molecule has 3 rings (SSSR count). The first-order chi connectivity index (χ1) is 14.5. The van der Waals surface area contributed by atoms with Crippen LogP contribution in [0.4, 0.5) is 0 Å². The molecule has 0 radical (unpaired) electrons. The summed E-state index contributed by atoms with van der Waals surface area (Å²) in [7, 11) is 4.53. The van der Waals surface area contributed by atoms with E-state index in [9.17, 15) is 9.59 Å². The van der Waals surface area contributed by atoms with Gasteiger partial charge in [0.05, 0.1) is 21.3 Å². The normalized spacial score (nSPS) is 12.4. The highest BCUT2D eigenvalue weighted by Gasteiger charge is 2.16. The Labute approximate surface area is 173 Å². The van der Waals surface area contributed by atoms with E-state index in [1.54, 1.807) is 30.3 Å². The zero-order chi connectivity index (χ0) is 21.5. The molecule has 0 amide bonds. The van der Waals surface area contributed by atoms with Gasteiger partial charge in [0.15, 0.2) is 35.4 Å². The van der Waals surface area contributed by atoms with E-state index in [0.717, 1.165) is 0 Å². The molecular weight excluding hydrogens is 392 g/mol. The predicted molar refractivity (Wildman–Crippen MR) is 108 cm³/mol. The highest BCUT2D eigenvalue weighted by atomic mass is 16.6. The van der Waals surface area contributed by atoms with Gasteiger partial charge in [-0.15, -0.1) is 0 Å². The molecule has 1 aliphatic heterocycles. The van der Waals surface area contributed by atoms with Crippen molar-refractivity contribution in [3.05, 3.63) is 47.5 Å². The molecule has 8 nitrogen and oxygen atoms in total. The number of ether oxygens (including phenoxy) is 6. The van der Waals surface area contributed by atoms with Crippen molar-refractivity contribution in [2.75, 3.05) is 41.2 Å². The van der Waals surface area contributed by atoms with Crippen molar-refractivity contribution in [3.63, 3.8) is 0 Å². The topological polar surface area (TPSA) is 89.5 Å². The summed E-state index contributed by atoms with van der Waals surface area (Å²) in [5, 5.41) is 0. The maximum absolute atomic E-state index is 12.3. The van der Waals surface area contributed by atoms with Crippen LogP contribution in [0.1, 0.15) is 15.9 Å². The Kier molecular flexibility index (Phi) is 6.79. The van der Waals surface area contributed by atoms with Gasteiger partial charge in [-0.05, 0) is 30.3 Å². The number of rotatable bonds is 8. The number of methoxy groups -OCH3 is 3. The molecule has 0 N–H and O–H groups in total. The van der Waals surface area contributed by atoms with Crippen molar-refractivity contribution in [1.82, 2.24) is 0 Å². The molecule has 158 valence electrons. The van der Waals surface area contributed by atoms with Crippen molar-refractivity contribution in [2.24, 2.45) is 0 Å². The smallest absolute Gasteiger partial charge is 0.331 e. The van der Waals surface area contributed by atoms with E-state index >= 15 is 0 Å². The molecule has 0 bridgehead atoms. The number of carbonyl (C=O) groups excluding carboxylic acids is 2. The molecule has 0 spiro atoms. The number of hydrogen-bond acceptors (Lipinski definition) is 8. The van der Waals surface area contributed by atoms with Crippen LogP contribution in [-0.4, -0.2) is 52.9 Å². The first-order valence-electron chi connectivity index (χ1n) is 9.13. The Bertz CT molecular complexity index is 964. The van der Waals surface area contributed by atoms with Gasteiger partial charge < -0.3 is 28.4 Å². The molecule has 1 heterocycles. The van der Waals surface area contributed by atoms with Crippen LogP contribution in [0.5, 0.6) is 28.7 Å². The standard InChI is InChI=1S/C22H22O8/c1-25-18-12-20(27-3)19(26-2)11-15(18)5-7-22(24)30-13-16(23)14-4-6-17-21(10-14)29-9-8-28-17/h4-7,10-12H,8-9,13H2,1-3H3/b7-5+. The molecule has 0 saturated heterocycles. The van der Waals surface area contributed by atoms with Gasteiger partial charge >= 0.3 is 5.97 Å². The summed E-state index contributed by atoms with van der Waals surface area (Å²) in [5.74, 6) is 1.54. The second-order valence-corrected chi connectivity index (χ2v) is 6.17. The van der Waals surface area contributed by atoms with Crippen molar-refractivity contribution >= 4 is 17.8 Å². The van der Waals surface area contributed by atoms with Gasteiger partial charge in [-0.25, -0.2) is 4.79 Å². The Morgan fingerprint density at radius 3 is 2.27 bits per heavy atom. The van der Waals surface area contributed by atoms with E-state index in [0.29, 0.717) is 53.1 Å². The summed E-state index contributed by atoms with van der Waals surface area (Å²) in [6.07, 6.45) is 2.72. The van der Waals surface area contributed by atoms with Crippen LogP contribution >= 0.6 is 0 Å². The molecule has 0 saturated carbocycles. The van der Waals surface area contributed by atoms with Gasteiger partial charge in [0, 0.05) is 23.3 Å². The number of Topliss-reactive ketones (excluding diaryl/α,β-unsaturated/α-hetero) is 1. The van der Waals surface area contributed by atoms with Gasteiger partial charge in [-0.3, -0.25) is 4.79 Å². The van der Waals surface area contributed by atoms with Gasteiger partial charge in [0.25, 0.3) is 0 Å². The largest absolute Gasteiger partial charge is 0.496 e. The van der Waals surface area contributed by atoms with Crippen LogP contribution in [0.15, 0.2) is 36.4 Å². The lowest BCUT2D eigenvalue weighted by molar-refractivity contribution is -0.136. The Morgan fingerprint density at radius 1 is 0.900 bits per heavy atom. The molecule has 8 heteroatoms. The van der Waals surface area contributed by atoms with E-state index in [1.165, 1.54) is 33.5 Å². The minimum atomic E-state index is -0.669. The van der Waals surface area contributed by atoms with Crippen molar-refractivity contribution < 1.29 is 38.0 Å². The van der Waals surface area contributed by atoms with Crippen molar-refractivity contribution in [1.29, 1.82) is 0 Å². The fraction of sp³-hybridized carbons (Fsp3) is 0.273. The van der Waals surface area contributed by atoms with Crippen molar-refractivity contribution in [2.45, 2.75) is 0 Å². The number of benzene rings is 2. The summed E-state index contributed by atoms with van der Waals surface area (Å²) >= 11 is 0. The lowest BCUT2D eigenvalue weighted by atomic mass is 10.1. The van der Waals surface area contributed by atoms with Crippen LogP contribution in [0.2, 0.25) is 0 Å². The minimum absolute atomic E-state index is 0.350. The van der Waals surface area contributed by atoms with Gasteiger partial charge in [0.2, 0.25) is 0 Å². The van der Waals surface area contributed by atoms with Crippen LogP contribution < -0.4 is 23.7 Å². The van der Waals surface area contributed by atoms with Gasteiger partial charge in [-0.2, -0.15) is 0 Å². The van der Waals surface area contributed by atoms with Gasteiger partial charge in [0.1, 0.15) is 19.0 Å². The number of fused-ring (bicyclic) bond motifs is 1. The number of hydrogen-bond donors (Lipinski definition) is 0. The Morgan fingerprint density at radius 2 is 1.57 bits per heavy atom. The molecule has 2 aromatic rings.